The van der Waals surface area contributed by atoms with Crippen molar-refractivity contribution in [2.45, 2.75) is 19.6 Å². The molecule has 0 aliphatic carbocycles. The van der Waals surface area contributed by atoms with Crippen LogP contribution >= 0.6 is 0 Å². The van der Waals surface area contributed by atoms with Gasteiger partial charge < -0.3 is 15.0 Å². The van der Waals surface area contributed by atoms with Gasteiger partial charge in [-0.05, 0) is 11.1 Å². The molecule has 0 spiro atoms. The van der Waals surface area contributed by atoms with Crippen LogP contribution in [0, 0.1) is 0 Å². The van der Waals surface area contributed by atoms with E-state index in [4.69, 9.17) is 4.74 Å². The average Bonchev–Trinajstić information content (AvgIpc) is 2.61. The zero-order valence-corrected chi connectivity index (χ0v) is 13.8. The SMILES string of the molecule is CN(Cc1ccccc1)C(=O)CCNC(=O)OCc1ccccc1. The number of hydrogen-bond donors (Lipinski definition) is 1. The van der Waals surface area contributed by atoms with Gasteiger partial charge in [-0.15, -0.1) is 0 Å². The third-order valence-electron chi connectivity index (χ3n) is 3.51. The molecule has 0 aromatic heterocycles. The Kier molecular flexibility index (Phi) is 6.83. The van der Waals surface area contributed by atoms with Crippen LogP contribution in [-0.4, -0.2) is 30.5 Å². The van der Waals surface area contributed by atoms with Gasteiger partial charge in [-0.3, -0.25) is 4.79 Å². The molecule has 2 aromatic rings. The van der Waals surface area contributed by atoms with Gasteiger partial charge in [0.1, 0.15) is 6.61 Å². The summed E-state index contributed by atoms with van der Waals surface area (Å²) < 4.78 is 5.09. The van der Waals surface area contributed by atoms with E-state index in [0.717, 1.165) is 11.1 Å². The Morgan fingerprint density at radius 3 is 2.17 bits per heavy atom. The summed E-state index contributed by atoms with van der Waals surface area (Å²) >= 11 is 0. The molecule has 1 N–H and O–H groups in total. The van der Waals surface area contributed by atoms with Crippen LogP contribution in [0.5, 0.6) is 0 Å². The second kappa shape index (κ2) is 9.35. The second-order valence-electron chi connectivity index (χ2n) is 5.47. The van der Waals surface area contributed by atoms with Crippen LogP contribution < -0.4 is 5.32 Å². The predicted octanol–water partition coefficient (Wildman–Crippen LogP) is 2.96. The highest BCUT2D eigenvalue weighted by atomic mass is 16.5. The molecule has 0 aliphatic rings. The van der Waals surface area contributed by atoms with Crippen molar-refractivity contribution in [1.29, 1.82) is 0 Å². The number of nitrogens with one attached hydrogen (secondary N) is 1. The maximum atomic E-state index is 12.0. The van der Waals surface area contributed by atoms with E-state index >= 15 is 0 Å². The number of nitrogens with zero attached hydrogens (tertiary/aromatic N) is 1. The van der Waals surface area contributed by atoms with Gasteiger partial charge in [0.25, 0.3) is 0 Å². The van der Waals surface area contributed by atoms with Gasteiger partial charge in [0.15, 0.2) is 0 Å². The first-order chi connectivity index (χ1) is 11.6. The Labute approximate surface area is 142 Å². The maximum absolute atomic E-state index is 12.0. The highest BCUT2D eigenvalue weighted by Crippen LogP contribution is 2.04. The zero-order chi connectivity index (χ0) is 17.2. The second-order valence-corrected chi connectivity index (χ2v) is 5.47. The Bertz CT molecular complexity index is 644. The molecule has 0 radical (unpaired) electrons. The minimum atomic E-state index is -0.516. The minimum Gasteiger partial charge on any atom is -0.445 e. The lowest BCUT2D eigenvalue weighted by molar-refractivity contribution is -0.130. The molecule has 0 saturated carbocycles. The molecule has 2 rings (SSSR count). The Hall–Kier alpha value is -2.82. The van der Waals surface area contributed by atoms with Crippen molar-refractivity contribution in [3.8, 4) is 0 Å². The van der Waals surface area contributed by atoms with E-state index in [9.17, 15) is 9.59 Å². The molecule has 0 unspecified atom stereocenters. The third-order valence-corrected chi connectivity index (χ3v) is 3.51. The number of benzene rings is 2. The molecule has 0 heterocycles. The number of alkyl carbamates (subject to hydrolysis) is 1. The smallest absolute Gasteiger partial charge is 0.407 e. The molecule has 5 heteroatoms. The Morgan fingerprint density at radius 1 is 0.958 bits per heavy atom. The predicted molar refractivity (Wildman–Crippen MR) is 92.2 cm³/mol. The van der Waals surface area contributed by atoms with E-state index in [0.29, 0.717) is 6.54 Å². The monoisotopic (exact) mass is 326 g/mol. The highest BCUT2D eigenvalue weighted by Gasteiger charge is 2.10. The molecule has 2 amide bonds. The van der Waals surface area contributed by atoms with Crippen LogP contribution in [-0.2, 0) is 22.7 Å². The third kappa shape index (κ3) is 6.12. The average molecular weight is 326 g/mol. The first-order valence-corrected chi connectivity index (χ1v) is 7.87. The van der Waals surface area contributed by atoms with Crippen LogP contribution in [0.3, 0.4) is 0 Å². The number of rotatable bonds is 7. The molecule has 126 valence electrons. The lowest BCUT2D eigenvalue weighted by Gasteiger charge is -2.17. The molecular formula is C19H22N2O3. The van der Waals surface area contributed by atoms with Crippen molar-refractivity contribution in [3.63, 3.8) is 0 Å². The molecule has 0 saturated heterocycles. The summed E-state index contributed by atoms with van der Waals surface area (Å²) in [4.78, 5) is 25.3. The van der Waals surface area contributed by atoms with E-state index in [2.05, 4.69) is 5.32 Å². The van der Waals surface area contributed by atoms with Crippen molar-refractivity contribution < 1.29 is 14.3 Å². The fraction of sp³-hybridized carbons (Fsp3) is 0.263. The quantitative estimate of drug-likeness (QED) is 0.851. The summed E-state index contributed by atoms with van der Waals surface area (Å²) in [7, 11) is 1.75. The minimum absolute atomic E-state index is 0.0257. The Morgan fingerprint density at radius 2 is 1.54 bits per heavy atom. The van der Waals surface area contributed by atoms with Crippen molar-refractivity contribution in [1.82, 2.24) is 10.2 Å². The highest BCUT2D eigenvalue weighted by molar-refractivity contribution is 5.77. The molecule has 24 heavy (non-hydrogen) atoms. The first-order valence-electron chi connectivity index (χ1n) is 7.87. The van der Waals surface area contributed by atoms with Crippen LogP contribution in [0.1, 0.15) is 17.5 Å². The summed E-state index contributed by atoms with van der Waals surface area (Å²) in [6.07, 6.45) is -0.276. The van der Waals surface area contributed by atoms with E-state index < -0.39 is 6.09 Å². The molecule has 0 aliphatic heterocycles. The van der Waals surface area contributed by atoms with Gasteiger partial charge in [0.05, 0.1) is 0 Å². The van der Waals surface area contributed by atoms with Gasteiger partial charge in [-0.2, -0.15) is 0 Å². The first kappa shape index (κ1) is 17.5. The van der Waals surface area contributed by atoms with Gasteiger partial charge in [0, 0.05) is 26.6 Å². The Balaban J connectivity index is 1.63. The lowest BCUT2D eigenvalue weighted by atomic mass is 10.2. The van der Waals surface area contributed by atoms with Crippen molar-refractivity contribution >= 4 is 12.0 Å². The number of carbonyl (C=O) groups is 2. The number of amides is 2. The summed E-state index contributed by atoms with van der Waals surface area (Å²) in [5.41, 5.74) is 2.00. The fourth-order valence-corrected chi connectivity index (χ4v) is 2.18. The molecule has 0 bridgehead atoms. The summed E-state index contributed by atoms with van der Waals surface area (Å²) in [5.74, 6) is -0.0257. The normalized spacial score (nSPS) is 10.0. The summed E-state index contributed by atoms with van der Waals surface area (Å²) in [6, 6.07) is 19.2. The number of hydrogen-bond acceptors (Lipinski definition) is 3. The molecular weight excluding hydrogens is 304 g/mol. The van der Waals surface area contributed by atoms with Crippen LogP contribution in [0.25, 0.3) is 0 Å². The van der Waals surface area contributed by atoms with Gasteiger partial charge in [-0.25, -0.2) is 4.79 Å². The summed E-state index contributed by atoms with van der Waals surface area (Å²) in [6.45, 7) is 1.03. The standard InChI is InChI=1S/C19H22N2O3/c1-21(14-16-8-4-2-5-9-16)18(22)12-13-20-19(23)24-15-17-10-6-3-7-11-17/h2-11H,12-15H2,1H3,(H,20,23). The number of ether oxygens (including phenoxy) is 1. The van der Waals surface area contributed by atoms with Crippen LogP contribution in [0.4, 0.5) is 4.79 Å². The van der Waals surface area contributed by atoms with Crippen molar-refractivity contribution in [2.75, 3.05) is 13.6 Å². The fourth-order valence-electron chi connectivity index (χ4n) is 2.18. The van der Waals surface area contributed by atoms with Gasteiger partial charge >= 0.3 is 6.09 Å². The van der Waals surface area contributed by atoms with Crippen LogP contribution in [0.15, 0.2) is 60.7 Å². The largest absolute Gasteiger partial charge is 0.445 e. The van der Waals surface area contributed by atoms with Gasteiger partial charge in [0.2, 0.25) is 5.91 Å². The van der Waals surface area contributed by atoms with E-state index in [-0.39, 0.29) is 25.5 Å². The molecule has 0 fully saturated rings. The topological polar surface area (TPSA) is 58.6 Å². The van der Waals surface area contributed by atoms with Crippen molar-refractivity contribution in [2.24, 2.45) is 0 Å². The lowest BCUT2D eigenvalue weighted by Crippen LogP contribution is -2.32. The zero-order valence-electron chi connectivity index (χ0n) is 13.8. The van der Waals surface area contributed by atoms with Crippen molar-refractivity contribution in [3.05, 3.63) is 71.8 Å². The van der Waals surface area contributed by atoms with E-state index in [1.165, 1.54) is 0 Å². The molecule has 0 atom stereocenters. The van der Waals surface area contributed by atoms with E-state index in [1.807, 2.05) is 60.7 Å². The van der Waals surface area contributed by atoms with Crippen LogP contribution in [0.2, 0.25) is 0 Å². The molecule has 2 aromatic carbocycles. The molecule has 5 nitrogen and oxygen atoms in total. The maximum Gasteiger partial charge on any atom is 0.407 e. The van der Waals surface area contributed by atoms with E-state index in [1.54, 1.807) is 11.9 Å². The van der Waals surface area contributed by atoms with Gasteiger partial charge in [-0.1, -0.05) is 60.7 Å². The summed E-state index contributed by atoms with van der Waals surface area (Å²) in [5, 5.41) is 2.59. The number of carbonyl (C=O) groups excluding carboxylic acids is 2.